The molecule has 3 fully saturated rings. The minimum Gasteiger partial charge on any atom is -0.496 e. The van der Waals surface area contributed by atoms with Gasteiger partial charge in [0.25, 0.3) is 0 Å². The summed E-state index contributed by atoms with van der Waals surface area (Å²) in [5.74, 6) is 1.85. The molecule has 0 amide bonds. The van der Waals surface area contributed by atoms with Crippen molar-refractivity contribution < 1.29 is 4.74 Å². The Bertz CT molecular complexity index is 427. The highest BCUT2D eigenvalue weighted by Crippen LogP contribution is 2.31. The molecule has 3 heteroatoms. The highest BCUT2D eigenvalue weighted by atomic mass is 16.5. The number of piperidine rings is 3. The van der Waals surface area contributed by atoms with Crippen LogP contribution in [0, 0.1) is 5.92 Å². The van der Waals surface area contributed by atoms with E-state index in [1.807, 2.05) is 12.1 Å². The van der Waals surface area contributed by atoms with Crippen molar-refractivity contribution in [1.29, 1.82) is 0 Å². The first-order valence-corrected chi connectivity index (χ1v) is 7.39. The van der Waals surface area contributed by atoms with Gasteiger partial charge in [0, 0.05) is 24.2 Å². The van der Waals surface area contributed by atoms with Gasteiger partial charge in [0.05, 0.1) is 7.11 Å². The molecule has 0 aromatic heterocycles. The smallest absolute Gasteiger partial charge is 0.123 e. The second-order valence-corrected chi connectivity index (χ2v) is 5.87. The van der Waals surface area contributed by atoms with E-state index < -0.39 is 0 Å². The van der Waals surface area contributed by atoms with Gasteiger partial charge in [-0.05, 0) is 44.8 Å². The summed E-state index contributed by atoms with van der Waals surface area (Å²) in [6, 6.07) is 9.32. The largest absolute Gasteiger partial charge is 0.496 e. The highest BCUT2D eigenvalue weighted by molar-refractivity contribution is 5.35. The fourth-order valence-corrected chi connectivity index (χ4v) is 3.59. The Hall–Kier alpha value is -1.06. The number of hydrogen-bond acceptors (Lipinski definition) is 3. The quantitative estimate of drug-likeness (QED) is 0.900. The van der Waals surface area contributed by atoms with Gasteiger partial charge in [0.1, 0.15) is 5.75 Å². The Kier molecular flexibility index (Phi) is 3.76. The van der Waals surface area contributed by atoms with Crippen LogP contribution in [0.1, 0.15) is 31.4 Å². The van der Waals surface area contributed by atoms with E-state index in [1.54, 1.807) is 7.11 Å². The molecule has 0 aliphatic carbocycles. The second-order valence-electron chi connectivity index (χ2n) is 5.87. The zero-order valence-corrected chi connectivity index (χ0v) is 11.9. The van der Waals surface area contributed by atoms with Crippen molar-refractivity contribution in [2.75, 3.05) is 26.7 Å². The van der Waals surface area contributed by atoms with Crippen LogP contribution in [0.5, 0.6) is 5.75 Å². The van der Waals surface area contributed by atoms with Crippen molar-refractivity contribution in [3.63, 3.8) is 0 Å². The minimum absolute atomic E-state index is 0.349. The Morgan fingerprint density at radius 1 is 1.26 bits per heavy atom. The van der Waals surface area contributed by atoms with E-state index in [4.69, 9.17) is 4.74 Å². The van der Waals surface area contributed by atoms with E-state index in [0.717, 1.165) is 11.7 Å². The van der Waals surface area contributed by atoms with Crippen molar-refractivity contribution in [2.45, 2.75) is 31.8 Å². The monoisotopic (exact) mass is 260 g/mol. The Morgan fingerprint density at radius 3 is 2.63 bits per heavy atom. The molecule has 19 heavy (non-hydrogen) atoms. The molecule has 4 rings (SSSR count). The van der Waals surface area contributed by atoms with Gasteiger partial charge in [-0.25, -0.2) is 0 Å². The lowest BCUT2D eigenvalue weighted by molar-refractivity contribution is 0.0678. The molecular weight excluding hydrogens is 236 g/mol. The maximum Gasteiger partial charge on any atom is 0.123 e. The molecule has 3 aliphatic rings. The fraction of sp³-hybridized carbons (Fsp3) is 0.625. The lowest BCUT2D eigenvalue weighted by atomic mass is 9.83. The Morgan fingerprint density at radius 2 is 2.00 bits per heavy atom. The molecule has 1 aromatic carbocycles. The summed E-state index contributed by atoms with van der Waals surface area (Å²) in [5, 5.41) is 3.82. The maximum atomic E-state index is 5.47. The summed E-state index contributed by atoms with van der Waals surface area (Å²) in [4.78, 5) is 2.59. The minimum atomic E-state index is 0.349. The van der Waals surface area contributed by atoms with Crippen molar-refractivity contribution in [1.82, 2.24) is 10.2 Å². The van der Waals surface area contributed by atoms with Crippen LogP contribution in [0.15, 0.2) is 24.3 Å². The number of nitrogens with zero attached hydrogens (tertiary/aromatic N) is 1. The standard InChI is InChI=1S/C16H24N2O/c1-12(14-5-3-4-6-16(14)19-2)17-15-11-18-9-7-13(15)8-10-18/h3-6,12-13,15,17H,7-11H2,1-2H3/t12-,15?/m1/s1. The third-order valence-electron chi connectivity index (χ3n) is 4.73. The molecule has 2 atom stereocenters. The number of rotatable bonds is 4. The first kappa shape index (κ1) is 12.9. The zero-order chi connectivity index (χ0) is 13.2. The van der Waals surface area contributed by atoms with Crippen LogP contribution in [0.3, 0.4) is 0 Å². The molecule has 1 N–H and O–H groups in total. The van der Waals surface area contributed by atoms with Crippen LogP contribution in [0.2, 0.25) is 0 Å². The number of ether oxygens (including phenoxy) is 1. The van der Waals surface area contributed by atoms with E-state index in [2.05, 4.69) is 29.3 Å². The van der Waals surface area contributed by atoms with Crippen molar-refractivity contribution in [3.8, 4) is 5.75 Å². The van der Waals surface area contributed by atoms with E-state index in [1.165, 1.54) is 38.0 Å². The van der Waals surface area contributed by atoms with Gasteiger partial charge in [0.2, 0.25) is 0 Å². The topological polar surface area (TPSA) is 24.5 Å². The van der Waals surface area contributed by atoms with Crippen molar-refractivity contribution in [2.24, 2.45) is 5.92 Å². The predicted octanol–water partition coefficient (Wildman–Crippen LogP) is 2.44. The average molecular weight is 260 g/mol. The molecule has 3 saturated heterocycles. The van der Waals surface area contributed by atoms with Crippen LogP contribution in [-0.4, -0.2) is 37.7 Å². The van der Waals surface area contributed by atoms with Crippen molar-refractivity contribution >= 4 is 0 Å². The third-order valence-corrected chi connectivity index (χ3v) is 4.73. The molecular formula is C16H24N2O. The molecule has 1 aromatic rings. The number of para-hydroxylation sites is 1. The van der Waals surface area contributed by atoms with Crippen LogP contribution < -0.4 is 10.1 Å². The summed E-state index contributed by atoms with van der Waals surface area (Å²) in [6.07, 6.45) is 2.71. The van der Waals surface area contributed by atoms with E-state index in [0.29, 0.717) is 12.1 Å². The van der Waals surface area contributed by atoms with E-state index in [-0.39, 0.29) is 0 Å². The molecule has 3 aliphatic heterocycles. The first-order chi connectivity index (χ1) is 9.28. The molecule has 0 spiro atoms. The van der Waals surface area contributed by atoms with Crippen LogP contribution >= 0.6 is 0 Å². The summed E-state index contributed by atoms with van der Waals surface area (Å²) >= 11 is 0. The summed E-state index contributed by atoms with van der Waals surface area (Å²) in [5.41, 5.74) is 1.27. The highest BCUT2D eigenvalue weighted by Gasteiger charge is 2.34. The van der Waals surface area contributed by atoms with Gasteiger partial charge < -0.3 is 15.0 Å². The van der Waals surface area contributed by atoms with Gasteiger partial charge in [-0.15, -0.1) is 0 Å². The van der Waals surface area contributed by atoms with Crippen LogP contribution in [0.25, 0.3) is 0 Å². The molecule has 104 valence electrons. The van der Waals surface area contributed by atoms with Crippen LogP contribution in [0.4, 0.5) is 0 Å². The van der Waals surface area contributed by atoms with Gasteiger partial charge in [0.15, 0.2) is 0 Å². The molecule has 3 nitrogen and oxygen atoms in total. The Balaban J connectivity index is 1.69. The summed E-state index contributed by atoms with van der Waals surface area (Å²) < 4.78 is 5.47. The molecule has 0 saturated carbocycles. The number of fused-ring (bicyclic) bond motifs is 3. The van der Waals surface area contributed by atoms with E-state index in [9.17, 15) is 0 Å². The molecule has 0 radical (unpaired) electrons. The third kappa shape index (κ3) is 2.63. The van der Waals surface area contributed by atoms with Gasteiger partial charge in [-0.3, -0.25) is 0 Å². The molecule has 2 bridgehead atoms. The fourth-order valence-electron chi connectivity index (χ4n) is 3.59. The lowest BCUT2D eigenvalue weighted by Crippen LogP contribution is -2.56. The van der Waals surface area contributed by atoms with Gasteiger partial charge in [-0.1, -0.05) is 18.2 Å². The van der Waals surface area contributed by atoms with E-state index >= 15 is 0 Å². The van der Waals surface area contributed by atoms with Crippen molar-refractivity contribution in [3.05, 3.63) is 29.8 Å². The van der Waals surface area contributed by atoms with Gasteiger partial charge in [-0.2, -0.15) is 0 Å². The van der Waals surface area contributed by atoms with Crippen LogP contribution in [-0.2, 0) is 0 Å². The lowest BCUT2D eigenvalue weighted by Gasteiger charge is -2.46. The number of benzene rings is 1. The Labute approximate surface area is 115 Å². The number of nitrogens with one attached hydrogen (secondary N) is 1. The SMILES string of the molecule is COc1ccccc1[C@@H](C)NC1CN2CCC1CC2. The zero-order valence-electron chi connectivity index (χ0n) is 11.9. The second kappa shape index (κ2) is 5.51. The number of methoxy groups -OCH3 is 1. The predicted molar refractivity (Wildman–Crippen MR) is 77.5 cm³/mol. The summed E-state index contributed by atoms with van der Waals surface area (Å²) in [7, 11) is 1.75. The normalized spacial score (nSPS) is 31.2. The molecule has 1 unspecified atom stereocenters. The van der Waals surface area contributed by atoms with Gasteiger partial charge >= 0.3 is 0 Å². The maximum absolute atomic E-state index is 5.47. The molecule has 3 heterocycles. The first-order valence-electron chi connectivity index (χ1n) is 7.39. The average Bonchev–Trinajstić information content (AvgIpc) is 2.48. The summed E-state index contributed by atoms with van der Waals surface area (Å²) in [6.45, 7) is 6.05. The number of hydrogen-bond donors (Lipinski definition) is 1.